The van der Waals surface area contributed by atoms with E-state index in [0.29, 0.717) is 5.92 Å². The summed E-state index contributed by atoms with van der Waals surface area (Å²) in [6.07, 6.45) is 5.06. The van der Waals surface area contributed by atoms with Gasteiger partial charge in [-0.3, -0.25) is 0 Å². The molecule has 2 aliphatic rings. The Balaban J connectivity index is 2.05. The summed E-state index contributed by atoms with van der Waals surface area (Å²) in [7, 11) is -0.215. The highest BCUT2D eigenvalue weighted by Gasteiger charge is 2.52. The normalized spacial score (nSPS) is 30.4. The van der Waals surface area contributed by atoms with Crippen LogP contribution in [0.15, 0.2) is 11.5 Å². The molecule has 1 heterocycles. The molecule has 0 aromatic rings. The van der Waals surface area contributed by atoms with Gasteiger partial charge in [0.05, 0.1) is 16.8 Å². The highest BCUT2D eigenvalue weighted by atomic mass is 16.7. The molecule has 1 saturated heterocycles. The second-order valence-corrected chi connectivity index (χ2v) is 7.49. The zero-order chi connectivity index (χ0) is 14.5. The van der Waals surface area contributed by atoms with Gasteiger partial charge in [0.2, 0.25) is 0 Å². The van der Waals surface area contributed by atoms with Crippen LogP contribution in [-0.4, -0.2) is 29.0 Å². The molecule has 4 heteroatoms. The first-order valence-electron chi connectivity index (χ1n) is 7.30. The minimum atomic E-state index is -0.599. The molecule has 0 spiro atoms. The molecule has 0 saturated carbocycles. The summed E-state index contributed by atoms with van der Waals surface area (Å²) in [4.78, 5) is 0. The maximum absolute atomic E-state index is 10.1. The standard InChI is InChI=1S/C15H27BO3/c1-13(2,17)11-7-9-12(10-8-11)16-18-14(3,4)15(5,6)19-16/h9,11,17H,7-8,10H2,1-6H3/t11-/m1/s1. The molecule has 0 aromatic heterocycles. The van der Waals surface area contributed by atoms with Crippen molar-refractivity contribution in [2.24, 2.45) is 5.92 Å². The number of hydrogen-bond acceptors (Lipinski definition) is 3. The molecule has 3 nitrogen and oxygen atoms in total. The van der Waals surface area contributed by atoms with Crippen LogP contribution in [0.2, 0.25) is 0 Å². The van der Waals surface area contributed by atoms with Gasteiger partial charge in [0.15, 0.2) is 0 Å². The van der Waals surface area contributed by atoms with Crippen molar-refractivity contribution in [3.63, 3.8) is 0 Å². The molecule has 0 bridgehead atoms. The molecule has 1 aliphatic heterocycles. The summed E-state index contributed by atoms with van der Waals surface area (Å²) in [5, 5.41) is 10.1. The molecular formula is C15H27BO3. The van der Waals surface area contributed by atoms with Crippen LogP contribution in [0.3, 0.4) is 0 Å². The lowest BCUT2D eigenvalue weighted by atomic mass is 9.68. The zero-order valence-electron chi connectivity index (χ0n) is 13.1. The van der Waals surface area contributed by atoms with Crippen LogP contribution >= 0.6 is 0 Å². The summed E-state index contributed by atoms with van der Waals surface area (Å²) in [5.41, 5.74) is 0.0916. The van der Waals surface area contributed by atoms with E-state index in [4.69, 9.17) is 9.31 Å². The molecule has 108 valence electrons. The highest BCUT2D eigenvalue weighted by Crippen LogP contribution is 2.41. The van der Waals surface area contributed by atoms with E-state index >= 15 is 0 Å². The maximum Gasteiger partial charge on any atom is 0.490 e. The highest BCUT2D eigenvalue weighted by molar-refractivity contribution is 6.54. The predicted octanol–water partition coefficient (Wildman–Crippen LogP) is 3.12. The third kappa shape index (κ3) is 2.91. The molecule has 1 N–H and O–H groups in total. The van der Waals surface area contributed by atoms with Gasteiger partial charge in [-0.2, -0.15) is 0 Å². The first-order valence-corrected chi connectivity index (χ1v) is 7.30. The van der Waals surface area contributed by atoms with Crippen molar-refractivity contribution in [2.45, 2.75) is 77.6 Å². The van der Waals surface area contributed by atoms with Crippen LogP contribution in [0.1, 0.15) is 60.8 Å². The van der Waals surface area contributed by atoms with Gasteiger partial charge in [-0.05, 0) is 72.2 Å². The Morgan fingerprint density at radius 1 is 1.21 bits per heavy atom. The van der Waals surface area contributed by atoms with Gasteiger partial charge < -0.3 is 14.4 Å². The Morgan fingerprint density at radius 2 is 1.74 bits per heavy atom. The molecule has 0 amide bonds. The molecular weight excluding hydrogens is 239 g/mol. The molecule has 0 radical (unpaired) electrons. The summed E-state index contributed by atoms with van der Waals surface area (Å²) in [6.45, 7) is 12.1. The quantitative estimate of drug-likeness (QED) is 0.780. The Hall–Kier alpha value is -0.315. The van der Waals surface area contributed by atoms with E-state index in [2.05, 4.69) is 33.8 Å². The van der Waals surface area contributed by atoms with E-state index in [0.717, 1.165) is 19.3 Å². The van der Waals surface area contributed by atoms with Gasteiger partial charge in [0, 0.05) is 0 Å². The van der Waals surface area contributed by atoms with Gasteiger partial charge in [0.25, 0.3) is 0 Å². The van der Waals surface area contributed by atoms with E-state index in [1.165, 1.54) is 5.47 Å². The van der Waals surface area contributed by atoms with Crippen LogP contribution < -0.4 is 0 Å². The fourth-order valence-electron chi connectivity index (χ4n) is 2.70. The van der Waals surface area contributed by atoms with Crippen LogP contribution in [0, 0.1) is 5.92 Å². The zero-order valence-corrected chi connectivity index (χ0v) is 13.1. The van der Waals surface area contributed by atoms with Gasteiger partial charge in [0.1, 0.15) is 0 Å². The SMILES string of the molecule is CC(C)(O)[C@@H]1CC=C(B2OC(C)(C)C(C)(C)O2)CC1. The van der Waals surface area contributed by atoms with Crippen molar-refractivity contribution in [2.75, 3.05) is 0 Å². The van der Waals surface area contributed by atoms with E-state index in [1.807, 2.05) is 13.8 Å². The van der Waals surface area contributed by atoms with E-state index in [-0.39, 0.29) is 18.3 Å². The lowest BCUT2D eigenvalue weighted by molar-refractivity contribution is 0.00578. The summed E-state index contributed by atoms with van der Waals surface area (Å²) < 4.78 is 12.1. The van der Waals surface area contributed by atoms with Crippen LogP contribution in [-0.2, 0) is 9.31 Å². The topological polar surface area (TPSA) is 38.7 Å². The van der Waals surface area contributed by atoms with Crippen molar-refractivity contribution in [3.05, 3.63) is 11.5 Å². The van der Waals surface area contributed by atoms with E-state index < -0.39 is 5.60 Å². The fourth-order valence-corrected chi connectivity index (χ4v) is 2.70. The molecule has 1 fully saturated rings. The van der Waals surface area contributed by atoms with Gasteiger partial charge >= 0.3 is 7.12 Å². The first kappa shape index (κ1) is 15.1. The van der Waals surface area contributed by atoms with Crippen molar-refractivity contribution < 1.29 is 14.4 Å². The second-order valence-electron chi connectivity index (χ2n) is 7.49. The molecule has 0 aromatic carbocycles. The third-order valence-electron chi connectivity index (χ3n) is 5.00. The largest absolute Gasteiger partial charge is 0.490 e. The smallest absolute Gasteiger partial charge is 0.400 e. The number of hydrogen-bond donors (Lipinski definition) is 1. The van der Waals surface area contributed by atoms with E-state index in [1.54, 1.807) is 0 Å². The summed E-state index contributed by atoms with van der Waals surface area (Å²) in [6, 6.07) is 0. The summed E-state index contributed by atoms with van der Waals surface area (Å²) in [5.74, 6) is 0.332. The van der Waals surface area contributed by atoms with Gasteiger partial charge in [-0.15, -0.1) is 0 Å². The lowest BCUT2D eigenvalue weighted by Crippen LogP contribution is -2.41. The minimum absolute atomic E-state index is 0.215. The first-order chi connectivity index (χ1) is 8.53. The second kappa shape index (κ2) is 4.61. The van der Waals surface area contributed by atoms with Gasteiger partial charge in [-0.1, -0.05) is 6.08 Å². The van der Waals surface area contributed by atoms with Crippen LogP contribution in [0.25, 0.3) is 0 Å². The molecule has 0 unspecified atom stereocenters. The van der Waals surface area contributed by atoms with Crippen molar-refractivity contribution in [1.82, 2.24) is 0 Å². The van der Waals surface area contributed by atoms with Crippen molar-refractivity contribution in [1.29, 1.82) is 0 Å². The Morgan fingerprint density at radius 3 is 2.11 bits per heavy atom. The Kier molecular flexibility index (Phi) is 3.66. The van der Waals surface area contributed by atoms with Crippen molar-refractivity contribution in [3.8, 4) is 0 Å². The number of aliphatic hydroxyl groups is 1. The average Bonchev–Trinajstić information content (AvgIpc) is 2.47. The van der Waals surface area contributed by atoms with E-state index in [9.17, 15) is 5.11 Å². The molecule has 2 rings (SSSR count). The maximum atomic E-state index is 10.1. The van der Waals surface area contributed by atoms with Crippen LogP contribution in [0.4, 0.5) is 0 Å². The lowest BCUT2D eigenvalue weighted by Gasteiger charge is -2.32. The minimum Gasteiger partial charge on any atom is -0.400 e. The molecule has 1 aliphatic carbocycles. The summed E-state index contributed by atoms with van der Waals surface area (Å²) >= 11 is 0. The number of rotatable bonds is 2. The van der Waals surface area contributed by atoms with Crippen LogP contribution in [0.5, 0.6) is 0 Å². The fraction of sp³-hybridized carbons (Fsp3) is 0.867. The van der Waals surface area contributed by atoms with Crippen molar-refractivity contribution >= 4 is 7.12 Å². The molecule has 19 heavy (non-hydrogen) atoms. The van der Waals surface area contributed by atoms with Gasteiger partial charge in [-0.25, -0.2) is 0 Å². The predicted molar refractivity (Wildman–Crippen MR) is 77.8 cm³/mol. The third-order valence-corrected chi connectivity index (χ3v) is 5.00. The monoisotopic (exact) mass is 266 g/mol. The molecule has 1 atom stereocenters. The Bertz CT molecular complexity index is 363. The number of allylic oxidation sites excluding steroid dienone is 2. The Labute approximate surface area is 117 Å². The average molecular weight is 266 g/mol.